The number of hydrogen-bond acceptors (Lipinski definition) is 3. The summed E-state index contributed by atoms with van der Waals surface area (Å²) in [6, 6.07) is 0. The number of esters is 1. The van der Waals surface area contributed by atoms with E-state index in [0.29, 0.717) is 5.57 Å². The molecule has 0 rings (SSSR count). The molecule has 0 aromatic heterocycles. The van der Waals surface area contributed by atoms with E-state index in [1.54, 1.807) is 27.7 Å². The topological polar surface area (TPSA) is 69.4 Å². The summed E-state index contributed by atoms with van der Waals surface area (Å²) < 4.78 is 4.90. The van der Waals surface area contributed by atoms with E-state index in [-0.39, 0.29) is 12.6 Å². The van der Waals surface area contributed by atoms with E-state index in [4.69, 9.17) is 10.5 Å². The molecule has 0 saturated heterocycles. The second-order valence-electron chi connectivity index (χ2n) is 4.10. The molecule has 0 aliphatic carbocycles. The van der Waals surface area contributed by atoms with Gasteiger partial charge in [0, 0.05) is 5.57 Å². The van der Waals surface area contributed by atoms with Gasteiger partial charge in [0.25, 0.3) is 0 Å². The first-order chi connectivity index (χ1) is 6.25. The number of carbonyl (C=O) groups excluding carboxylic acids is 2. The second-order valence-corrected chi connectivity index (χ2v) is 4.10. The Hall–Kier alpha value is -1.32. The molecule has 0 aliphatic rings. The van der Waals surface area contributed by atoms with Gasteiger partial charge in [-0.1, -0.05) is 0 Å². The van der Waals surface area contributed by atoms with Crippen molar-refractivity contribution in [3.05, 3.63) is 11.6 Å². The highest BCUT2D eigenvalue weighted by atomic mass is 16.5. The summed E-state index contributed by atoms with van der Waals surface area (Å²) in [6.45, 7) is 6.96. The number of rotatable bonds is 3. The van der Waals surface area contributed by atoms with Crippen LogP contribution in [-0.4, -0.2) is 18.5 Å². The number of amides is 1. The summed E-state index contributed by atoms with van der Waals surface area (Å²) in [5, 5.41) is 0. The van der Waals surface area contributed by atoms with Gasteiger partial charge in [-0.15, -0.1) is 0 Å². The smallest absolute Gasteiger partial charge is 0.311 e. The highest BCUT2D eigenvalue weighted by Crippen LogP contribution is 2.14. The Bertz CT molecular complexity index is 261. The Morgan fingerprint density at radius 3 is 2.21 bits per heavy atom. The molecule has 4 nitrogen and oxygen atoms in total. The maximum atomic E-state index is 11.2. The van der Waals surface area contributed by atoms with E-state index in [2.05, 4.69) is 0 Å². The average Bonchev–Trinajstić information content (AvgIpc) is 2.01. The fourth-order valence-corrected chi connectivity index (χ4v) is 0.559. The van der Waals surface area contributed by atoms with Crippen LogP contribution < -0.4 is 5.73 Å². The molecule has 0 atom stereocenters. The van der Waals surface area contributed by atoms with Crippen molar-refractivity contribution in [2.45, 2.75) is 27.7 Å². The number of carbonyl (C=O) groups is 2. The molecule has 0 aromatic carbocycles. The van der Waals surface area contributed by atoms with E-state index in [9.17, 15) is 9.59 Å². The van der Waals surface area contributed by atoms with Crippen molar-refractivity contribution in [2.75, 3.05) is 6.61 Å². The predicted molar refractivity (Wildman–Crippen MR) is 53.4 cm³/mol. The van der Waals surface area contributed by atoms with Crippen molar-refractivity contribution in [2.24, 2.45) is 11.1 Å². The Morgan fingerprint density at radius 1 is 1.36 bits per heavy atom. The number of nitrogens with two attached hydrogens (primary N) is 1. The quantitative estimate of drug-likeness (QED) is 0.544. The molecule has 0 saturated carbocycles. The molecule has 14 heavy (non-hydrogen) atoms. The van der Waals surface area contributed by atoms with Gasteiger partial charge in [-0.2, -0.15) is 0 Å². The fourth-order valence-electron chi connectivity index (χ4n) is 0.559. The minimum Gasteiger partial charge on any atom is -0.461 e. The van der Waals surface area contributed by atoms with Crippen LogP contribution in [0, 0.1) is 5.41 Å². The highest BCUT2D eigenvalue weighted by molar-refractivity contribution is 5.91. The Labute approximate surface area is 84.1 Å². The van der Waals surface area contributed by atoms with Gasteiger partial charge in [-0.3, -0.25) is 9.59 Å². The zero-order valence-electron chi connectivity index (χ0n) is 9.09. The Morgan fingerprint density at radius 2 is 1.86 bits per heavy atom. The van der Waals surface area contributed by atoms with Crippen molar-refractivity contribution < 1.29 is 14.3 Å². The number of hydrogen-bond donors (Lipinski definition) is 1. The lowest BCUT2D eigenvalue weighted by molar-refractivity contribution is -0.151. The second kappa shape index (κ2) is 4.79. The van der Waals surface area contributed by atoms with Crippen LogP contribution in [0.1, 0.15) is 27.7 Å². The standard InChI is InChI=1S/C10H17NO3/c1-7(8(11)12)5-6-14-9(13)10(2,3)4/h5H,6H2,1-4H3,(H2,11,12). The molecule has 0 radical (unpaired) electrons. The molecule has 0 aliphatic heterocycles. The summed E-state index contributed by atoms with van der Waals surface area (Å²) in [7, 11) is 0. The molecule has 0 heterocycles. The van der Waals surface area contributed by atoms with Gasteiger partial charge in [-0.25, -0.2) is 0 Å². The van der Waals surface area contributed by atoms with Crippen LogP contribution in [0.4, 0.5) is 0 Å². The third-order valence-corrected chi connectivity index (χ3v) is 1.60. The molecule has 0 bridgehead atoms. The maximum absolute atomic E-state index is 11.2. The summed E-state index contributed by atoms with van der Waals surface area (Å²) >= 11 is 0. The van der Waals surface area contributed by atoms with Gasteiger partial charge in [0.15, 0.2) is 0 Å². The van der Waals surface area contributed by atoms with Crippen molar-refractivity contribution in [3.63, 3.8) is 0 Å². The lowest BCUT2D eigenvalue weighted by atomic mass is 9.97. The van der Waals surface area contributed by atoms with Crippen LogP contribution in [0.25, 0.3) is 0 Å². The number of primary amides is 1. The molecule has 0 unspecified atom stereocenters. The van der Waals surface area contributed by atoms with Crippen molar-refractivity contribution in [1.82, 2.24) is 0 Å². The monoisotopic (exact) mass is 199 g/mol. The average molecular weight is 199 g/mol. The summed E-state index contributed by atoms with van der Waals surface area (Å²) in [5.41, 5.74) is 4.87. The molecule has 0 spiro atoms. The first-order valence-corrected chi connectivity index (χ1v) is 4.39. The molecular formula is C10H17NO3. The van der Waals surface area contributed by atoms with Crippen LogP contribution in [0.5, 0.6) is 0 Å². The van der Waals surface area contributed by atoms with Crippen LogP contribution >= 0.6 is 0 Å². The van der Waals surface area contributed by atoms with E-state index < -0.39 is 11.3 Å². The van der Waals surface area contributed by atoms with Crippen LogP contribution in [-0.2, 0) is 14.3 Å². The summed E-state index contributed by atoms with van der Waals surface area (Å²) in [6.07, 6.45) is 1.49. The van der Waals surface area contributed by atoms with E-state index >= 15 is 0 Å². The van der Waals surface area contributed by atoms with E-state index in [0.717, 1.165) is 0 Å². The minimum atomic E-state index is -0.519. The molecule has 1 amide bonds. The largest absolute Gasteiger partial charge is 0.461 e. The van der Waals surface area contributed by atoms with Gasteiger partial charge >= 0.3 is 5.97 Å². The van der Waals surface area contributed by atoms with Crippen LogP contribution in [0.3, 0.4) is 0 Å². The molecule has 0 fully saturated rings. The minimum absolute atomic E-state index is 0.0882. The van der Waals surface area contributed by atoms with E-state index in [1.165, 1.54) is 6.08 Å². The van der Waals surface area contributed by atoms with Crippen molar-refractivity contribution in [1.29, 1.82) is 0 Å². The van der Waals surface area contributed by atoms with Gasteiger partial charge in [0.1, 0.15) is 6.61 Å². The third kappa shape index (κ3) is 4.64. The molecule has 4 heteroatoms. The lowest BCUT2D eigenvalue weighted by Crippen LogP contribution is -2.23. The van der Waals surface area contributed by atoms with Crippen molar-refractivity contribution >= 4 is 11.9 Å². The third-order valence-electron chi connectivity index (χ3n) is 1.60. The molecule has 2 N–H and O–H groups in total. The first-order valence-electron chi connectivity index (χ1n) is 4.39. The zero-order chi connectivity index (χ0) is 11.4. The maximum Gasteiger partial charge on any atom is 0.311 e. The van der Waals surface area contributed by atoms with Crippen LogP contribution in [0.15, 0.2) is 11.6 Å². The predicted octanol–water partition coefficient (Wildman–Crippen LogP) is 1.01. The first kappa shape index (κ1) is 12.7. The zero-order valence-corrected chi connectivity index (χ0v) is 9.09. The van der Waals surface area contributed by atoms with E-state index in [1.807, 2.05) is 0 Å². The Kier molecular flexibility index (Phi) is 4.34. The molecule has 0 aromatic rings. The van der Waals surface area contributed by atoms with Crippen molar-refractivity contribution in [3.8, 4) is 0 Å². The summed E-state index contributed by atoms with van der Waals surface area (Å²) in [5.74, 6) is -0.803. The lowest BCUT2D eigenvalue weighted by Gasteiger charge is -2.15. The fraction of sp³-hybridized carbons (Fsp3) is 0.600. The van der Waals surface area contributed by atoms with Crippen LogP contribution in [0.2, 0.25) is 0 Å². The Balaban J connectivity index is 4.04. The normalized spacial score (nSPS) is 12.4. The molecule has 80 valence electrons. The van der Waals surface area contributed by atoms with Gasteiger partial charge < -0.3 is 10.5 Å². The molecular weight excluding hydrogens is 182 g/mol. The van der Waals surface area contributed by atoms with Gasteiger partial charge in [0.05, 0.1) is 5.41 Å². The highest BCUT2D eigenvalue weighted by Gasteiger charge is 2.22. The SMILES string of the molecule is CC(=CCOC(=O)C(C)(C)C)C(N)=O. The van der Waals surface area contributed by atoms with Gasteiger partial charge in [0.2, 0.25) is 5.91 Å². The number of ether oxygens (including phenoxy) is 1. The summed E-state index contributed by atoms with van der Waals surface area (Å²) in [4.78, 5) is 21.8. The van der Waals surface area contributed by atoms with Gasteiger partial charge in [-0.05, 0) is 33.8 Å².